The van der Waals surface area contributed by atoms with Gasteiger partial charge in [0.05, 0.1) is 37.9 Å². The Morgan fingerprint density at radius 3 is 2.40 bits per heavy atom. The summed E-state index contributed by atoms with van der Waals surface area (Å²) >= 11 is 0. The van der Waals surface area contributed by atoms with Gasteiger partial charge in [0, 0.05) is 24.2 Å². The third-order valence-electron chi connectivity index (χ3n) is 8.68. The summed E-state index contributed by atoms with van der Waals surface area (Å²) in [6.07, 6.45) is -0.995. The lowest BCUT2D eigenvalue weighted by atomic mass is 9.79. The van der Waals surface area contributed by atoms with E-state index in [1.807, 2.05) is 6.92 Å². The van der Waals surface area contributed by atoms with E-state index in [1.54, 1.807) is 51.9 Å². The Balaban J connectivity index is 2.52. The zero-order valence-electron chi connectivity index (χ0n) is 27.4. The molecule has 0 bridgehead atoms. The Bertz CT molecular complexity index is 1030. The van der Waals surface area contributed by atoms with Gasteiger partial charge in [0.2, 0.25) is 0 Å². The number of allylic oxidation sites excluding steroid dienone is 3. The summed E-state index contributed by atoms with van der Waals surface area (Å²) in [6, 6.07) is -0.767. The summed E-state index contributed by atoms with van der Waals surface area (Å²) in [5.41, 5.74) is 0.698. The van der Waals surface area contributed by atoms with E-state index in [-0.39, 0.29) is 31.8 Å². The van der Waals surface area contributed by atoms with E-state index in [2.05, 4.69) is 6.58 Å². The number of likely N-dealkylation sites (N-methyl/N-ethyl adjacent to an activating group) is 1. The Kier molecular flexibility index (Phi) is 16.2. The summed E-state index contributed by atoms with van der Waals surface area (Å²) in [5.74, 6) is -3.41. The number of cyclic esters (lactones) is 1. The van der Waals surface area contributed by atoms with Gasteiger partial charge in [-0.3, -0.25) is 9.59 Å². The molecule has 0 aromatic heterocycles. The minimum absolute atomic E-state index is 0.0456. The molecule has 12 atom stereocenters. The van der Waals surface area contributed by atoms with Crippen LogP contribution in [0.15, 0.2) is 36.5 Å². The van der Waals surface area contributed by atoms with Crippen LogP contribution in [-0.2, 0) is 33.3 Å². The van der Waals surface area contributed by atoms with Crippen molar-refractivity contribution in [2.24, 2.45) is 23.7 Å². The van der Waals surface area contributed by atoms with E-state index >= 15 is 0 Å². The van der Waals surface area contributed by atoms with Gasteiger partial charge >= 0.3 is 5.97 Å². The van der Waals surface area contributed by atoms with Gasteiger partial charge in [0.1, 0.15) is 24.6 Å². The lowest BCUT2D eigenvalue weighted by molar-refractivity contribution is -0.349. The molecule has 0 radical (unpaired) electrons. The second kappa shape index (κ2) is 18.8. The SMILES string of the molecule is C=CCO[C@H]1[C@H](N(C)C)[C@@H](O)[C@H](O[C@H]2[C@@H](CC=O)C[C@@H](C)C(=O)/C=C/C(C)=C/[C@H](CO)[C@@H](CC)OC(=O)C[C@@H](O)[C@@H]2C)O[C@@H]1O. The molecule has 2 rings (SSSR count). The van der Waals surface area contributed by atoms with Crippen molar-refractivity contribution in [3.05, 3.63) is 36.5 Å². The van der Waals surface area contributed by atoms with Crippen molar-refractivity contribution in [2.45, 2.75) is 103 Å². The minimum atomic E-state index is -1.50. The third-order valence-corrected chi connectivity index (χ3v) is 8.68. The van der Waals surface area contributed by atoms with Crippen LogP contribution in [-0.4, -0.2) is 120 Å². The highest BCUT2D eigenvalue weighted by molar-refractivity contribution is 5.91. The van der Waals surface area contributed by atoms with Crippen LogP contribution >= 0.6 is 0 Å². The molecule has 0 saturated carbocycles. The van der Waals surface area contributed by atoms with Crippen LogP contribution < -0.4 is 0 Å². The predicted molar refractivity (Wildman–Crippen MR) is 166 cm³/mol. The molecule has 2 aliphatic rings. The van der Waals surface area contributed by atoms with E-state index in [0.29, 0.717) is 18.3 Å². The Morgan fingerprint density at radius 2 is 1.82 bits per heavy atom. The van der Waals surface area contributed by atoms with Crippen LogP contribution in [0.1, 0.15) is 53.4 Å². The minimum Gasteiger partial charge on any atom is -0.462 e. The molecule has 0 aromatic rings. The van der Waals surface area contributed by atoms with Crippen molar-refractivity contribution in [1.82, 2.24) is 4.90 Å². The van der Waals surface area contributed by atoms with E-state index in [9.17, 15) is 34.8 Å². The largest absolute Gasteiger partial charge is 0.462 e. The van der Waals surface area contributed by atoms with Gasteiger partial charge in [-0.05, 0) is 45.9 Å². The molecule has 1 fully saturated rings. The van der Waals surface area contributed by atoms with Gasteiger partial charge in [-0.25, -0.2) is 0 Å². The fourth-order valence-corrected chi connectivity index (χ4v) is 6.08. The fraction of sp³-hybridized carbons (Fsp3) is 0.727. The van der Waals surface area contributed by atoms with Gasteiger partial charge in [-0.2, -0.15) is 0 Å². The predicted octanol–water partition coefficient (Wildman–Crippen LogP) is 1.54. The quantitative estimate of drug-likeness (QED) is 0.155. The summed E-state index contributed by atoms with van der Waals surface area (Å²) in [7, 11) is 3.41. The highest BCUT2D eigenvalue weighted by Crippen LogP contribution is 2.34. The molecule has 12 nitrogen and oxygen atoms in total. The van der Waals surface area contributed by atoms with Crippen LogP contribution in [0.3, 0.4) is 0 Å². The van der Waals surface area contributed by atoms with Crippen molar-refractivity contribution in [3.63, 3.8) is 0 Å². The number of hydrogen-bond acceptors (Lipinski definition) is 12. The number of ether oxygens (including phenoxy) is 4. The zero-order valence-corrected chi connectivity index (χ0v) is 27.4. The van der Waals surface area contributed by atoms with Gasteiger partial charge in [0.15, 0.2) is 18.4 Å². The number of carbonyl (C=O) groups is 3. The van der Waals surface area contributed by atoms with Crippen molar-refractivity contribution < 1.29 is 53.8 Å². The zero-order chi connectivity index (χ0) is 33.8. The van der Waals surface area contributed by atoms with Crippen molar-refractivity contribution in [2.75, 3.05) is 27.3 Å². The number of esters is 1. The van der Waals surface area contributed by atoms with Gasteiger partial charge in [-0.15, -0.1) is 6.58 Å². The third kappa shape index (κ3) is 10.9. The summed E-state index contributed by atoms with van der Waals surface area (Å²) in [4.78, 5) is 39.7. The summed E-state index contributed by atoms with van der Waals surface area (Å²) in [5, 5.41) is 43.5. The first-order chi connectivity index (χ1) is 21.3. The number of aliphatic hydroxyl groups excluding tert-OH is 4. The number of hydrogen-bond donors (Lipinski definition) is 4. The summed E-state index contributed by atoms with van der Waals surface area (Å²) in [6.45, 7) is 10.4. The molecule has 0 unspecified atom stereocenters. The molecule has 0 spiro atoms. The average molecular weight is 640 g/mol. The van der Waals surface area contributed by atoms with E-state index in [0.717, 1.165) is 0 Å². The molecule has 1 saturated heterocycles. The Hall–Kier alpha value is -2.29. The number of aliphatic hydroxyl groups is 4. The number of aldehydes is 1. The first-order valence-electron chi connectivity index (χ1n) is 15.7. The maximum absolute atomic E-state index is 13.2. The van der Waals surface area contributed by atoms with Gasteiger partial charge in [-0.1, -0.05) is 44.6 Å². The first kappa shape index (κ1) is 38.9. The molecular formula is C33H53NO11. The smallest absolute Gasteiger partial charge is 0.308 e. The van der Waals surface area contributed by atoms with Crippen LogP contribution in [0.5, 0.6) is 0 Å². The molecule has 256 valence electrons. The molecular weight excluding hydrogens is 586 g/mol. The van der Waals surface area contributed by atoms with Gasteiger partial charge in [0.25, 0.3) is 0 Å². The molecule has 12 heteroatoms. The molecule has 0 amide bonds. The van der Waals surface area contributed by atoms with Crippen LogP contribution in [0.4, 0.5) is 0 Å². The second-order valence-corrected chi connectivity index (χ2v) is 12.4. The van der Waals surface area contributed by atoms with Crippen LogP contribution in [0.2, 0.25) is 0 Å². The van der Waals surface area contributed by atoms with Crippen molar-refractivity contribution in [1.29, 1.82) is 0 Å². The maximum Gasteiger partial charge on any atom is 0.308 e. The standard InChI is InChI=1S/C33H53NO11/c1-8-14-42-31-28(34(6)7)29(40)33(45-32(31)41)44-30-21(5)25(38)17-27(39)43-26(9-2)23(18-36)15-19(3)10-11-24(37)20(4)16-22(30)12-13-35/h8,10-11,13,15,20-23,25-26,28-33,36,38,40-41H,1,9,12,14,16-18H2,2-7H3/b11-10+,19-15+/t20-,21+,22+,23-,25-,26-,28-,29-,30-,31+,32+,33-/m1/s1. The van der Waals surface area contributed by atoms with Gasteiger partial charge < -0.3 is 49.1 Å². The molecule has 45 heavy (non-hydrogen) atoms. The van der Waals surface area contributed by atoms with Crippen molar-refractivity contribution in [3.8, 4) is 0 Å². The maximum atomic E-state index is 13.2. The normalized spacial score (nSPS) is 39.5. The molecule has 4 N–H and O–H groups in total. The van der Waals surface area contributed by atoms with Crippen molar-refractivity contribution >= 4 is 18.0 Å². The second-order valence-electron chi connectivity index (χ2n) is 12.4. The number of nitrogens with zero attached hydrogens (tertiary/aromatic N) is 1. The van der Waals surface area contributed by atoms with E-state index in [1.165, 1.54) is 12.2 Å². The Labute approximate surface area is 266 Å². The van der Waals surface area contributed by atoms with E-state index in [4.69, 9.17) is 18.9 Å². The number of rotatable bonds is 10. The fourth-order valence-electron chi connectivity index (χ4n) is 6.08. The average Bonchev–Trinajstić information content (AvgIpc) is 2.99. The highest BCUT2D eigenvalue weighted by atomic mass is 16.8. The molecule has 2 aliphatic heterocycles. The topological polar surface area (TPSA) is 172 Å². The lowest BCUT2D eigenvalue weighted by Crippen LogP contribution is -2.64. The highest BCUT2D eigenvalue weighted by Gasteiger charge is 2.49. The molecule has 0 aromatic carbocycles. The molecule has 2 heterocycles. The molecule has 0 aliphatic carbocycles. The lowest BCUT2D eigenvalue weighted by Gasteiger charge is -2.47. The number of ketones is 1. The monoisotopic (exact) mass is 639 g/mol. The van der Waals surface area contributed by atoms with Crippen LogP contribution in [0.25, 0.3) is 0 Å². The van der Waals surface area contributed by atoms with Crippen LogP contribution in [0, 0.1) is 23.7 Å². The first-order valence-corrected chi connectivity index (χ1v) is 15.7. The summed E-state index contributed by atoms with van der Waals surface area (Å²) < 4.78 is 23.4. The number of carbonyl (C=O) groups excluding carboxylic acids is 3. The Morgan fingerprint density at radius 1 is 1.13 bits per heavy atom. The van der Waals surface area contributed by atoms with E-state index < -0.39 is 85.2 Å².